The van der Waals surface area contributed by atoms with Gasteiger partial charge in [0.1, 0.15) is 0 Å². The Labute approximate surface area is 112 Å². The smallest absolute Gasteiger partial charge is 0.0219 e. The summed E-state index contributed by atoms with van der Waals surface area (Å²) in [6.07, 6.45) is 6.82. The number of aryl methyl sites for hydroxylation is 2. The molecule has 0 amide bonds. The Morgan fingerprint density at radius 1 is 1.00 bits per heavy atom. The normalized spacial score (nSPS) is 13.0. The lowest BCUT2D eigenvalue weighted by Crippen LogP contribution is -1.92. The van der Waals surface area contributed by atoms with E-state index in [1.165, 1.54) is 33.4 Å². The highest BCUT2D eigenvalue weighted by atomic mass is 14.1. The molecule has 0 atom stereocenters. The highest BCUT2D eigenvalue weighted by molar-refractivity contribution is 5.63. The van der Waals surface area contributed by atoms with Crippen LogP contribution in [-0.2, 0) is 0 Å². The number of hydrogen-bond acceptors (Lipinski definition) is 0. The van der Waals surface area contributed by atoms with E-state index in [4.69, 9.17) is 0 Å². The number of rotatable bonds is 4. The maximum atomic E-state index is 2.37. The summed E-state index contributed by atoms with van der Waals surface area (Å²) in [6, 6.07) is 4.55. The summed E-state index contributed by atoms with van der Waals surface area (Å²) in [4.78, 5) is 0. The van der Waals surface area contributed by atoms with Gasteiger partial charge in [-0.15, -0.1) is 0 Å². The van der Waals surface area contributed by atoms with E-state index < -0.39 is 0 Å². The molecule has 0 N–H and O–H groups in total. The zero-order valence-electron chi connectivity index (χ0n) is 12.7. The van der Waals surface area contributed by atoms with Gasteiger partial charge in [-0.3, -0.25) is 0 Å². The second kappa shape index (κ2) is 6.58. The molecule has 0 heteroatoms. The van der Waals surface area contributed by atoms with Crippen LogP contribution in [-0.4, -0.2) is 0 Å². The van der Waals surface area contributed by atoms with Gasteiger partial charge in [0.25, 0.3) is 0 Å². The van der Waals surface area contributed by atoms with Gasteiger partial charge in [0.05, 0.1) is 0 Å². The van der Waals surface area contributed by atoms with E-state index in [1.807, 2.05) is 0 Å². The fourth-order valence-corrected chi connectivity index (χ4v) is 2.45. The number of hydrogen-bond donors (Lipinski definition) is 0. The zero-order valence-corrected chi connectivity index (χ0v) is 12.7. The average Bonchev–Trinajstić information content (AvgIpc) is 2.35. The summed E-state index contributed by atoms with van der Waals surface area (Å²) in [5.74, 6) is 0. The lowest BCUT2D eigenvalue weighted by Gasteiger charge is -2.12. The van der Waals surface area contributed by atoms with Crippen molar-refractivity contribution in [3.8, 4) is 0 Å². The van der Waals surface area contributed by atoms with E-state index in [-0.39, 0.29) is 0 Å². The molecule has 0 unspecified atom stereocenters. The summed E-state index contributed by atoms with van der Waals surface area (Å²) in [7, 11) is 0. The Hall–Kier alpha value is -1.30. The SMILES string of the molecule is CC=C(CC)/C(=C\c1cc(C)cc(C)c1C)CC. The quantitative estimate of drug-likeness (QED) is 0.589. The van der Waals surface area contributed by atoms with Gasteiger partial charge in [-0.25, -0.2) is 0 Å². The summed E-state index contributed by atoms with van der Waals surface area (Å²) >= 11 is 0. The Morgan fingerprint density at radius 3 is 2.11 bits per heavy atom. The second-order valence-corrected chi connectivity index (χ2v) is 4.99. The van der Waals surface area contributed by atoms with Gasteiger partial charge in [-0.05, 0) is 68.4 Å². The van der Waals surface area contributed by atoms with Crippen molar-refractivity contribution in [2.75, 3.05) is 0 Å². The molecule has 98 valence electrons. The molecule has 0 aliphatic carbocycles. The first-order chi connectivity index (χ1) is 8.53. The topological polar surface area (TPSA) is 0 Å². The van der Waals surface area contributed by atoms with Crippen LogP contribution >= 0.6 is 0 Å². The van der Waals surface area contributed by atoms with Gasteiger partial charge >= 0.3 is 0 Å². The van der Waals surface area contributed by atoms with Crippen molar-refractivity contribution in [1.82, 2.24) is 0 Å². The number of allylic oxidation sites excluding steroid dienone is 3. The molecule has 1 rings (SSSR count). The molecule has 0 aromatic heterocycles. The van der Waals surface area contributed by atoms with Gasteiger partial charge in [-0.2, -0.15) is 0 Å². The van der Waals surface area contributed by atoms with Crippen molar-refractivity contribution >= 4 is 6.08 Å². The molecule has 0 nitrogen and oxygen atoms in total. The maximum absolute atomic E-state index is 2.37. The van der Waals surface area contributed by atoms with Crippen molar-refractivity contribution in [1.29, 1.82) is 0 Å². The van der Waals surface area contributed by atoms with Crippen LogP contribution in [0.2, 0.25) is 0 Å². The predicted octanol–water partition coefficient (Wildman–Crippen LogP) is 5.76. The van der Waals surface area contributed by atoms with Crippen molar-refractivity contribution in [3.05, 3.63) is 51.6 Å². The maximum Gasteiger partial charge on any atom is -0.0219 e. The van der Waals surface area contributed by atoms with E-state index in [9.17, 15) is 0 Å². The van der Waals surface area contributed by atoms with E-state index in [0.29, 0.717) is 0 Å². The molecule has 0 aliphatic heterocycles. The molecule has 0 spiro atoms. The first-order valence-corrected chi connectivity index (χ1v) is 6.97. The monoisotopic (exact) mass is 242 g/mol. The van der Waals surface area contributed by atoms with Crippen molar-refractivity contribution < 1.29 is 0 Å². The minimum Gasteiger partial charge on any atom is -0.0842 e. The standard InChI is InChI=1S/C18H26/c1-7-16(8-2)17(9-3)12-18-11-13(4)10-14(5)15(18)6/h7,10-12H,8-9H2,1-6H3/b16-7?,17-12-. The van der Waals surface area contributed by atoms with Crippen molar-refractivity contribution in [2.45, 2.75) is 54.4 Å². The molecular weight excluding hydrogens is 216 g/mol. The molecule has 18 heavy (non-hydrogen) atoms. The van der Waals surface area contributed by atoms with Gasteiger partial charge in [0.2, 0.25) is 0 Å². The molecule has 0 radical (unpaired) electrons. The Balaban J connectivity index is 3.29. The average molecular weight is 242 g/mol. The lowest BCUT2D eigenvalue weighted by atomic mass is 9.94. The van der Waals surface area contributed by atoms with Crippen LogP contribution in [0.5, 0.6) is 0 Å². The third-order valence-electron chi connectivity index (χ3n) is 3.70. The predicted molar refractivity (Wildman–Crippen MR) is 83.0 cm³/mol. The molecular formula is C18H26. The summed E-state index contributed by atoms with van der Waals surface area (Å²) in [5.41, 5.74) is 8.44. The van der Waals surface area contributed by atoms with E-state index in [1.54, 1.807) is 0 Å². The van der Waals surface area contributed by atoms with Crippen LogP contribution in [0.15, 0.2) is 29.4 Å². The number of benzene rings is 1. The van der Waals surface area contributed by atoms with Gasteiger partial charge in [0, 0.05) is 0 Å². The summed E-state index contributed by atoms with van der Waals surface area (Å²) < 4.78 is 0. The Morgan fingerprint density at radius 2 is 1.61 bits per heavy atom. The van der Waals surface area contributed by atoms with Gasteiger partial charge in [0.15, 0.2) is 0 Å². The summed E-state index contributed by atoms with van der Waals surface area (Å²) in [5, 5.41) is 0. The molecule has 0 saturated carbocycles. The van der Waals surface area contributed by atoms with E-state index in [2.05, 4.69) is 65.8 Å². The van der Waals surface area contributed by atoms with Crippen LogP contribution in [0.25, 0.3) is 6.08 Å². The van der Waals surface area contributed by atoms with Crippen LogP contribution in [0.4, 0.5) is 0 Å². The van der Waals surface area contributed by atoms with Gasteiger partial charge < -0.3 is 0 Å². The van der Waals surface area contributed by atoms with Gasteiger partial charge in [-0.1, -0.05) is 43.7 Å². The fourth-order valence-electron chi connectivity index (χ4n) is 2.45. The molecule has 1 aromatic carbocycles. The molecule has 1 aromatic rings. The molecule has 0 saturated heterocycles. The second-order valence-electron chi connectivity index (χ2n) is 4.99. The highest BCUT2D eigenvalue weighted by Crippen LogP contribution is 2.24. The molecule has 0 aliphatic rings. The largest absolute Gasteiger partial charge is 0.0842 e. The first kappa shape index (κ1) is 14.8. The lowest BCUT2D eigenvalue weighted by molar-refractivity contribution is 1.03. The molecule has 0 fully saturated rings. The van der Waals surface area contributed by atoms with Crippen molar-refractivity contribution in [3.63, 3.8) is 0 Å². The first-order valence-electron chi connectivity index (χ1n) is 6.97. The van der Waals surface area contributed by atoms with Crippen molar-refractivity contribution in [2.24, 2.45) is 0 Å². The van der Waals surface area contributed by atoms with E-state index >= 15 is 0 Å². The Bertz CT molecular complexity index is 473. The van der Waals surface area contributed by atoms with Crippen LogP contribution < -0.4 is 0 Å². The molecule has 0 heterocycles. The Kier molecular flexibility index (Phi) is 5.40. The van der Waals surface area contributed by atoms with Crippen LogP contribution in [0.3, 0.4) is 0 Å². The van der Waals surface area contributed by atoms with Crippen LogP contribution in [0, 0.1) is 20.8 Å². The van der Waals surface area contributed by atoms with Crippen LogP contribution in [0.1, 0.15) is 55.9 Å². The van der Waals surface area contributed by atoms with E-state index in [0.717, 1.165) is 12.8 Å². The third-order valence-corrected chi connectivity index (χ3v) is 3.70. The minimum absolute atomic E-state index is 1.10. The highest BCUT2D eigenvalue weighted by Gasteiger charge is 2.04. The summed E-state index contributed by atoms with van der Waals surface area (Å²) in [6.45, 7) is 13.2. The third kappa shape index (κ3) is 3.35. The fraction of sp³-hybridized carbons (Fsp3) is 0.444. The molecule has 0 bridgehead atoms. The minimum atomic E-state index is 1.10. The zero-order chi connectivity index (χ0) is 13.7.